The van der Waals surface area contributed by atoms with Crippen molar-refractivity contribution in [2.75, 3.05) is 0 Å². The maximum absolute atomic E-state index is 3.83. The lowest BCUT2D eigenvalue weighted by Crippen LogP contribution is -2.47. The van der Waals surface area contributed by atoms with Gasteiger partial charge in [-0.2, -0.15) is 0 Å². The number of hydrogen-bond donors (Lipinski definition) is 1. The summed E-state index contributed by atoms with van der Waals surface area (Å²) in [5.74, 6) is 1.87. The number of nitrogens with one attached hydrogen (secondary N) is 1. The molecular formula is C12H23N. The summed E-state index contributed by atoms with van der Waals surface area (Å²) < 4.78 is 0. The minimum absolute atomic E-state index is 0.835. The van der Waals surface area contributed by atoms with Crippen LogP contribution in [0, 0.1) is 11.8 Å². The molecule has 2 aliphatic carbocycles. The molecule has 1 N–H and O–H groups in total. The number of hydrogen-bond acceptors (Lipinski definition) is 1. The molecule has 0 amide bonds. The van der Waals surface area contributed by atoms with Gasteiger partial charge in [0.15, 0.2) is 0 Å². The Kier molecular flexibility index (Phi) is 2.92. The summed E-state index contributed by atoms with van der Waals surface area (Å²) >= 11 is 0. The largest absolute Gasteiger partial charge is 0.311 e. The monoisotopic (exact) mass is 181 g/mol. The molecule has 0 saturated heterocycles. The highest BCUT2D eigenvalue weighted by Gasteiger charge is 2.28. The van der Waals surface area contributed by atoms with Gasteiger partial charge in [-0.1, -0.05) is 20.3 Å². The maximum atomic E-state index is 3.83. The van der Waals surface area contributed by atoms with Gasteiger partial charge in [-0.25, -0.2) is 0 Å². The van der Waals surface area contributed by atoms with Crippen molar-refractivity contribution in [1.82, 2.24) is 5.32 Å². The highest BCUT2D eigenvalue weighted by molar-refractivity contribution is 4.86. The first kappa shape index (κ1) is 9.51. The molecule has 3 unspecified atom stereocenters. The quantitative estimate of drug-likeness (QED) is 0.690. The molecule has 0 spiro atoms. The molecular weight excluding hydrogens is 158 g/mol. The molecule has 3 atom stereocenters. The second kappa shape index (κ2) is 4.00. The van der Waals surface area contributed by atoms with Gasteiger partial charge in [-0.05, 0) is 43.9 Å². The molecule has 13 heavy (non-hydrogen) atoms. The molecule has 0 bridgehead atoms. The van der Waals surface area contributed by atoms with Crippen molar-refractivity contribution in [3.05, 3.63) is 0 Å². The number of rotatable bonds is 2. The Labute approximate surface area is 82.3 Å². The maximum Gasteiger partial charge on any atom is 0.00954 e. The van der Waals surface area contributed by atoms with E-state index in [1.54, 1.807) is 0 Å². The van der Waals surface area contributed by atoms with Crippen molar-refractivity contribution in [1.29, 1.82) is 0 Å². The minimum atomic E-state index is 0.835. The highest BCUT2D eigenvalue weighted by atomic mass is 15.0. The smallest absolute Gasteiger partial charge is 0.00954 e. The molecule has 2 fully saturated rings. The third kappa shape index (κ3) is 2.25. The van der Waals surface area contributed by atoms with Gasteiger partial charge in [-0.3, -0.25) is 0 Å². The van der Waals surface area contributed by atoms with Crippen LogP contribution in [0.3, 0.4) is 0 Å². The zero-order valence-corrected chi connectivity index (χ0v) is 9.05. The van der Waals surface area contributed by atoms with E-state index in [4.69, 9.17) is 0 Å². The van der Waals surface area contributed by atoms with Crippen LogP contribution in [0.2, 0.25) is 0 Å². The topological polar surface area (TPSA) is 12.0 Å². The van der Waals surface area contributed by atoms with Gasteiger partial charge < -0.3 is 5.32 Å². The van der Waals surface area contributed by atoms with Crippen molar-refractivity contribution >= 4 is 0 Å². The molecule has 0 aromatic rings. The van der Waals surface area contributed by atoms with Crippen LogP contribution in [-0.4, -0.2) is 12.1 Å². The molecule has 0 radical (unpaired) electrons. The van der Waals surface area contributed by atoms with E-state index in [1.165, 1.54) is 38.5 Å². The van der Waals surface area contributed by atoms with Crippen LogP contribution in [0.1, 0.15) is 52.4 Å². The summed E-state index contributed by atoms with van der Waals surface area (Å²) in [5.41, 5.74) is 0. The molecule has 1 nitrogen and oxygen atoms in total. The van der Waals surface area contributed by atoms with Crippen LogP contribution in [0.5, 0.6) is 0 Å². The first-order chi connectivity index (χ1) is 6.25. The summed E-state index contributed by atoms with van der Waals surface area (Å²) in [5, 5.41) is 3.83. The lowest BCUT2D eigenvalue weighted by molar-refractivity contribution is 0.188. The molecule has 0 aromatic carbocycles. The molecule has 0 heterocycles. The van der Waals surface area contributed by atoms with E-state index < -0.39 is 0 Å². The van der Waals surface area contributed by atoms with E-state index in [9.17, 15) is 0 Å². The van der Waals surface area contributed by atoms with E-state index in [0.717, 1.165) is 23.9 Å². The van der Waals surface area contributed by atoms with E-state index in [1.807, 2.05) is 0 Å². The van der Waals surface area contributed by atoms with E-state index in [0.29, 0.717) is 0 Å². The van der Waals surface area contributed by atoms with Crippen molar-refractivity contribution < 1.29 is 0 Å². The lowest BCUT2D eigenvalue weighted by atomic mass is 9.78. The van der Waals surface area contributed by atoms with Gasteiger partial charge in [0.05, 0.1) is 0 Å². The SMILES string of the molecule is CC1CCC(NC2CCC2)C(C)C1. The van der Waals surface area contributed by atoms with E-state index in [2.05, 4.69) is 19.2 Å². The van der Waals surface area contributed by atoms with Gasteiger partial charge in [0.2, 0.25) is 0 Å². The van der Waals surface area contributed by atoms with Crippen LogP contribution in [0.4, 0.5) is 0 Å². The molecule has 1 heteroatoms. The second-order valence-electron chi connectivity index (χ2n) is 5.30. The summed E-state index contributed by atoms with van der Waals surface area (Å²) in [4.78, 5) is 0. The third-order valence-electron chi connectivity index (χ3n) is 3.99. The summed E-state index contributed by atoms with van der Waals surface area (Å²) in [6.45, 7) is 4.82. The Morgan fingerprint density at radius 3 is 2.31 bits per heavy atom. The molecule has 2 aliphatic rings. The average molecular weight is 181 g/mol. The van der Waals surface area contributed by atoms with E-state index in [-0.39, 0.29) is 0 Å². The molecule has 2 saturated carbocycles. The fourth-order valence-electron chi connectivity index (χ4n) is 2.79. The predicted molar refractivity (Wildman–Crippen MR) is 56.7 cm³/mol. The Balaban J connectivity index is 1.77. The summed E-state index contributed by atoms with van der Waals surface area (Å²) in [7, 11) is 0. The average Bonchev–Trinajstić information content (AvgIpc) is 1.99. The Hall–Kier alpha value is -0.0400. The Morgan fingerprint density at radius 2 is 1.77 bits per heavy atom. The first-order valence-corrected chi connectivity index (χ1v) is 6.01. The molecule has 0 aliphatic heterocycles. The Morgan fingerprint density at radius 1 is 1.00 bits per heavy atom. The fourth-order valence-corrected chi connectivity index (χ4v) is 2.79. The first-order valence-electron chi connectivity index (χ1n) is 6.01. The van der Waals surface area contributed by atoms with Gasteiger partial charge >= 0.3 is 0 Å². The summed E-state index contributed by atoms with van der Waals surface area (Å²) in [6, 6.07) is 1.71. The lowest BCUT2D eigenvalue weighted by Gasteiger charge is -2.38. The van der Waals surface area contributed by atoms with Crippen LogP contribution in [0.25, 0.3) is 0 Å². The van der Waals surface area contributed by atoms with Crippen LogP contribution < -0.4 is 5.32 Å². The molecule has 76 valence electrons. The molecule has 0 aromatic heterocycles. The van der Waals surface area contributed by atoms with Crippen LogP contribution >= 0.6 is 0 Å². The van der Waals surface area contributed by atoms with Gasteiger partial charge in [0.25, 0.3) is 0 Å². The van der Waals surface area contributed by atoms with Gasteiger partial charge in [-0.15, -0.1) is 0 Å². The highest BCUT2D eigenvalue weighted by Crippen LogP contribution is 2.30. The van der Waals surface area contributed by atoms with Crippen LogP contribution in [-0.2, 0) is 0 Å². The van der Waals surface area contributed by atoms with Crippen molar-refractivity contribution in [2.45, 2.75) is 64.5 Å². The van der Waals surface area contributed by atoms with Gasteiger partial charge in [0, 0.05) is 12.1 Å². The van der Waals surface area contributed by atoms with Crippen molar-refractivity contribution in [3.63, 3.8) is 0 Å². The van der Waals surface area contributed by atoms with Crippen molar-refractivity contribution in [3.8, 4) is 0 Å². The zero-order valence-electron chi connectivity index (χ0n) is 9.05. The predicted octanol–water partition coefficient (Wildman–Crippen LogP) is 2.95. The Bertz CT molecular complexity index is 163. The zero-order chi connectivity index (χ0) is 9.26. The normalized spacial score (nSPS) is 41.5. The fraction of sp³-hybridized carbons (Fsp3) is 1.00. The third-order valence-corrected chi connectivity index (χ3v) is 3.99. The van der Waals surface area contributed by atoms with E-state index >= 15 is 0 Å². The van der Waals surface area contributed by atoms with Crippen LogP contribution in [0.15, 0.2) is 0 Å². The minimum Gasteiger partial charge on any atom is -0.311 e. The van der Waals surface area contributed by atoms with Crippen molar-refractivity contribution in [2.24, 2.45) is 11.8 Å². The summed E-state index contributed by atoms with van der Waals surface area (Å²) in [6.07, 6.45) is 8.60. The standard InChI is InChI=1S/C12H23N/c1-9-6-7-12(10(2)8-9)13-11-4-3-5-11/h9-13H,3-8H2,1-2H3. The molecule has 2 rings (SSSR count). The van der Waals surface area contributed by atoms with Gasteiger partial charge in [0.1, 0.15) is 0 Å². The second-order valence-corrected chi connectivity index (χ2v) is 5.30.